The highest BCUT2D eigenvalue weighted by molar-refractivity contribution is 6.35. The Bertz CT molecular complexity index is 2470. The first-order valence-corrected chi connectivity index (χ1v) is 18.7. The first-order valence-electron chi connectivity index (χ1n) is 18.0. The second-order valence-electron chi connectivity index (χ2n) is 14.2. The number of ether oxygens (including phenoxy) is 2. The lowest BCUT2D eigenvalue weighted by molar-refractivity contribution is 0.0590. The average Bonchev–Trinajstić information content (AvgIpc) is 3.65. The summed E-state index contributed by atoms with van der Waals surface area (Å²) >= 11 is 13.5. The zero-order chi connectivity index (χ0) is 38.7. The van der Waals surface area contributed by atoms with Gasteiger partial charge in [-0.2, -0.15) is 0 Å². The van der Waals surface area contributed by atoms with Gasteiger partial charge in [-0.25, -0.2) is 14.8 Å². The predicted octanol–water partition coefficient (Wildman–Crippen LogP) is 8.95. The number of aliphatic hydroxyl groups is 1. The molecule has 0 bridgehead atoms. The Balaban J connectivity index is 1.40. The minimum Gasteiger partial charge on any atom is -0.494 e. The SMILES string of the molecule is COC(=O)c1cc2cc(C)cc(N3C[C@@H](C)n4c(c(CCCOc5cc(C)c(Cl)c(C)c5)c5ccc(Cl)c(-c6c(C)nc(CO)nc6C)c54)C3=O)c2n1C. The summed E-state index contributed by atoms with van der Waals surface area (Å²) in [5.74, 6) is 0.480. The van der Waals surface area contributed by atoms with Gasteiger partial charge in [-0.1, -0.05) is 29.3 Å². The number of carbonyl (C=O) groups excluding carboxylic acids is 2. The monoisotopic (exact) mass is 767 g/mol. The van der Waals surface area contributed by atoms with Crippen molar-refractivity contribution in [2.45, 2.75) is 67.0 Å². The fourth-order valence-electron chi connectivity index (χ4n) is 8.15. The molecular weight excluding hydrogens is 725 g/mol. The number of amides is 1. The van der Waals surface area contributed by atoms with Crippen LogP contribution in [0.15, 0.2) is 42.5 Å². The molecule has 1 amide bonds. The zero-order valence-corrected chi connectivity index (χ0v) is 33.2. The van der Waals surface area contributed by atoms with Crippen molar-refractivity contribution in [3.05, 3.63) is 103 Å². The molecule has 0 saturated heterocycles. The first kappa shape index (κ1) is 37.4. The van der Waals surface area contributed by atoms with Gasteiger partial charge in [-0.15, -0.1) is 0 Å². The van der Waals surface area contributed by atoms with Gasteiger partial charge in [-0.05, 0) is 113 Å². The molecule has 0 fully saturated rings. The number of aryl methyl sites for hydroxylation is 7. The molecule has 0 aliphatic carbocycles. The molecule has 1 N–H and O–H groups in total. The van der Waals surface area contributed by atoms with Crippen LogP contribution in [-0.4, -0.2) is 56.3 Å². The zero-order valence-electron chi connectivity index (χ0n) is 31.7. The van der Waals surface area contributed by atoms with E-state index in [9.17, 15) is 9.90 Å². The number of aromatic nitrogens is 4. The van der Waals surface area contributed by atoms with Gasteiger partial charge in [0.25, 0.3) is 5.91 Å². The van der Waals surface area contributed by atoms with Gasteiger partial charge < -0.3 is 28.6 Å². The van der Waals surface area contributed by atoms with E-state index in [0.717, 1.165) is 71.6 Å². The quantitative estimate of drug-likeness (QED) is 0.116. The average molecular weight is 769 g/mol. The molecule has 3 aromatic carbocycles. The molecule has 3 aromatic heterocycles. The summed E-state index contributed by atoms with van der Waals surface area (Å²) in [5, 5.41) is 12.8. The van der Waals surface area contributed by atoms with E-state index in [1.165, 1.54) is 7.11 Å². The molecule has 0 saturated carbocycles. The number of aliphatic hydroxyl groups excluding tert-OH is 1. The van der Waals surface area contributed by atoms with Crippen molar-refractivity contribution in [1.82, 2.24) is 19.1 Å². The number of hydrogen-bond donors (Lipinski definition) is 1. The highest BCUT2D eigenvalue weighted by Gasteiger charge is 2.38. The summed E-state index contributed by atoms with van der Waals surface area (Å²) in [6, 6.07) is 13.4. The van der Waals surface area contributed by atoms with Crippen LogP contribution >= 0.6 is 23.2 Å². The summed E-state index contributed by atoms with van der Waals surface area (Å²) in [4.78, 5) is 39.0. The minimum absolute atomic E-state index is 0.153. The summed E-state index contributed by atoms with van der Waals surface area (Å²) in [7, 11) is 3.18. The van der Waals surface area contributed by atoms with Crippen LogP contribution in [0, 0.1) is 34.6 Å². The summed E-state index contributed by atoms with van der Waals surface area (Å²) in [5.41, 5.74) is 9.95. The van der Waals surface area contributed by atoms with Gasteiger partial charge in [0.1, 0.15) is 23.7 Å². The molecule has 0 spiro atoms. The van der Waals surface area contributed by atoms with E-state index in [0.29, 0.717) is 59.6 Å². The normalized spacial score (nSPS) is 14.3. The Hall–Kier alpha value is -4.90. The lowest BCUT2D eigenvalue weighted by Crippen LogP contribution is -2.43. The number of anilines is 1. The number of methoxy groups -OCH3 is 1. The van der Waals surface area contributed by atoms with Crippen LogP contribution in [0.5, 0.6) is 5.75 Å². The van der Waals surface area contributed by atoms with E-state index in [-0.39, 0.29) is 18.6 Å². The number of fused-ring (bicyclic) bond motifs is 4. The van der Waals surface area contributed by atoms with E-state index in [4.69, 9.17) is 32.7 Å². The van der Waals surface area contributed by atoms with E-state index >= 15 is 4.79 Å². The van der Waals surface area contributed by atoms with E-state index < -0.39 is 5.97 Å². The third kappa shape index (κ3) is 6.20. The number of esters is 1. The van der Waals surface area contributed by atoms with Crippen molar-refractivity contribution in [3.8, 4) is 16.9 Å². The predicted molar refractivity (Wildman–Crippen MR) is 213 cm³/mol. The van der Waals surface area contributed by atoms with Crippen LogP contribution in [0.1, 0.15) is 79.8 Å². The Morgan fingerprint density at radius 3 is 2.30 bits per heavy atom. The van der Waals surface area contributed by atoms with Crippen LogP contribution in [0.2, 0.25) is 10.0 Å². The highest BCUT2D eigenvalue weighted by atomic mass is 35.5. The number of halogens is 2. The fourth-order valence-corrected chi connectivity index (χ4v) is 8.51. The lowest BCUT2D eigenvalue weighted by Gasteiger charge is -2.35. The molecule has 10 nitrogen and oxygen atoms in total. The molecule has 280 valence electrons. The Morgan fingerprint density at radius 1 is 0.963 bits per heavy atom. The van der Waals surface area contributed by atoms with Crippen molar-refractivity contribution in [3.63, 3.8) is 0 Å². The van der Waals surface area contributed by atoms with Crippen LogP contribution in [0.4, 0.5) is 5.69 Å². The number of nitrogens with zero attached hydrogens (tertiary/aromatic N) is 5. The molecule has 1 atom stereocenters. The van der Waals surface area contributed by atoms with Gasteiger partial charge in [0, 0.05) is 57.9 Å². The maximum absolute atomic E-state index is 15.2. The second-order valence-corrected chi connectivity index (χ2v) is 15.0. The second kappa shape index (κ2) is 14.4. The van der Waals surface area contributed by atoms with Crippen LogP contribution in [-0.2, 0) is 24.8 Å². The molecule has 0 unspecified atom stereocenters. The third-order valence-electron chi connectivity index (χ3n) is 10.5. The number of benzene rings is 3. The summed E-state index contributed by atoms with van der Waals surface area (Å²) in [6.45, 7) is 12.3. The van der Waals surface area contributed by atoms with Crippen molar-refractivity contribution in [1.29, 1.82) is 0 Å². The molecule has 4 heterocycles. The lowest BCUT2D eigenvalue weighted by atomic mass is 9.97. The Kier molecular flexibility index (Phi) is 9.97. The summed E-state index contributed by atoms with van der Waals surface area (Å²) < 4.78 is 15.2. The minimum atomic E-state index is -0.449. The summed E-state index contributed by atoms with van der Waals surface area (Å²) in [6.07, 6.45) is 1.18. The molecule has 7 rings (SSSR count). The smallest absolute Gasteiger partial charge is 0.354 e. The van der Waals surface area contributed by atoms with Crippen LogP contribution in [0.25, 0.3) is 32.9 Å². The van der Waals surface area contributed by atoms with Gasteiger partial charge >= 0.3 is 5.97 Å². The first-order chi connectivity index (χ1) is 25.7. The third-order valence-corrected chi connectivity index (χ3v) is 11.4. The Labute approximate surface area is 324 Å². The standard InChI is InChI=1S/C42H43Cl2N5O5/c1-21-14-27-18-33(42(52)53-8)47(7)38(27)32(15-21)48-19-24(4)49-39-30(11-12-31(43)36(39)35-25(5)45-34(20-50)46-26(35)6)29(40(49)41(48)51)10-9-13-54-28-16-22(2)37(44)23(3)17-28/h11-12,14-18,24,50H,9-10,13,19-20H2,1-8H3/t24-/m1/s1. The molecule has 6 aromatic rings. The van der Waals surface area contributed by atoms with Crippen LogP contribution in [0.3, 0.4) is 0 Å². The van der Waals surface area contributed by atoms with Crippen molar-refractivity contribution >= 4 is 62.6 Å². The number of hydrogen-bond acceptors (Lipinski definition) is 7. The maximum atomic E-state index is 15.2. The van der Waals surface area contributed by atoms with Crippen molar-refractivity contribution < 1.29 is 24.2 Å². The van der Waals surface area contributed by atoms with Gasteiger partial charge in [0.2, 0.25) is 0 Å². The molecule has 12 heteroatoms. The molecular formula is C42H43Cl2N5O5. The number of carbonyl (C=O) groups is 2. The molecule has 1 aliphatic rings. The van der Waals surface area contributed by atoms with Crippen molar-refractivity contribution in [2.75, 3.05) is 25.2 Å². The largest absolute Gasteiger partial charge is 0.494 e. The van der Waals surface area contributed by atoms with E-state index in [1.807, 2.05) is 89.0 Å². The fraction of sp³-hybridized carbons (Fsp3) is 0.333. The van der Waals surface area contributed by atoms with Gasteiger partial charge in [0.15, 0.2) is 5.82 Å². The van der Waals surface area contributed by atoms with E-state index in [1.54, 1.807) is 4.57 Å². The maximum Gasteiger partial charge on any atom is 0.354 e. The molecule has 1 aliphatic heterocycles. The Morgan fingerprint density at radius 2 is 1.65 bits per heavy atom. The molecule has 0 radical (unpaired) electrons. The molecule has 54 heavy (non-hydrogen) atoms. The topological polar surface area (TPSA) is 112 Å². The van der Waals surface area contributed by atoms with Gasteiger partial charge in [0.05, 0.1) is 35.5 Å². The van der Waals surface area contributed by atoms with Gasteiger partial charge in [-0.3, -0.25) is 4.79 Å². The van der Waals surface area contributed by atoms with Crippen LogP contribution < -0.4 is 9.64 Å². The van der Waals surface area contributed by atoms with Crippen molar-refractivity contribution in [2.24, 2.45) is 7.05 Å². The van der Waals surface area contributed by atoms with E-state index in [2.05, 4.69) is 21.5 Å². The number of rotatable bonds is 9. The highest BCUT2D eigenvalue weighted by Crippen LogP contribution is 2.45.